The van der Waals surface area contributed by atoms with Crippen LogP contribution in [0.4, 0.5) is 34.1 Å². The zero-order valence-corrected chi connectivity index (χ0v) is 27.8. The molecule has 49 heavy (non-hydrogen) atoms. The number of rotatable bonds is 7. The molecule has 0 spiro atoms. The highest BCUT2D eigenvalue weighted by atomic mass is 15.1. The van der Waals surface area contributed by atoms with E-state index in [-0.39, 0.29) is 0 Å². The number of benzene rings is 6. The molecule has 0 bridgehead atoms. The second kappa shape index (κ2) is 13.1. The van der Waals surface area contributed by atoms with Crippen LogP contribution in [0.2, 0.25) is 0 Å². The second-order valence-corrected chi connectivity index (χ2v) is 12.5. The van der Waals surface area contributed by atoms with E-state index in [0.29, 0.717) is 0 Å². The van der Waals surface area contributed by atoms with Crippen molar-refractivity contribution in [3.8, 4) is 11.1 Å². The van der Waals surface area contributed by atoms with E-state index in [1.165, 1.54) is 39.1 Å². The third-order valence-corrected chi connectivity index (χ3v) is 9.33. The van der Waals surface area contributed by atoms with Gasteiger partial charge in [0.1, 0.15) is 0 Å². The maximum absolute atomic E-state index is 3.29. The van der Waals surface area contributed by atoms with E-state index in [1.807, 2.05) is 6.07 Å². The first-order valence-corrected chi connectivity index (χ1v) is 16.8. The van der Waals surface area contributed by atoms with Crippen molar-refractivity contribution in [2.75, 3.05) is 9.80 Å². The highest BCUT2D eigenvalue weighted by molar-refractivity contribution is 5.98. The van der Waals surface area contributed by atoms with Crippen LogP contribution >= 0.6 is 0 Å². The molecule has 2 nitrogen and oxygen atoms in total. The lowest BCUT2D eigenvalue weighted by atomic mass is 9.94. The normalized spacial score (nSPS) is 11.9. The monoisotopic (exact) mass is 628 g/mol. The number of hydrogen-bond donors (Lipinski definition) is 0. The van der Waals surface area contributed by atoms with E-state index in [2.05, 4.69) is 200 Å². The lowest BCUT2D eigenvalue weighted by Gasteiger charge is -2.29. The lowest BCUT2D eigenvalue weighted by Crippen LogP contribution is -2.12. The Balaban J connectivity index is 1.21. The third-order valence-electron chi connectivity index (χ3n) is 9.33. The molecule has 0 fully saturated rings. The summed E-state index contributed by atoms with van der Waals surface area (Å²) in [6, 6.07) is 58.4. The van der Waals surface area contributed by atoms with Crippen molar-refractivity contribution >= 4 is 57.0 Å². The summed E-state index contributed by atoms with van der Waals surface area (Å²) in [7, 11) is 0. The molecule has 0 radical (unpaired) electrons. The van der Waals surface area contributed by atoms with E-state index in [9.17, 15) is 0 Å². The Hall–Kier alpha value is -6.30. The maximum Gasteiger partial charge on any atom is 0.0546 e. The summed E-state index contributed by atoms with van der Waals surface area (Å²) in [6.45, 7) is 4.44. The molecule has 0 aliphatic heterocycles. The van der Waals surface area contributed by atoms with Crippen molar-refractivity contribution in [1.82, 2.24) is 0 Å². The Morgan fingerprint density at radius 2 is 1.10 bits per heavy atom. The number of aryl methyl sites for hydroxylation is 2. The van der Waals surface area contributed by atoms with Crippen molar-refractivity contribution < 1.29 is 0 Å². The Morgan fingerprint density at radius 1 is 0.510 bits per heavy atom. The van der Waals surface area contributed by atoms with Gasteiger partial charge in [-0.1, -0.05) is 103 Å². The van der Waals surface area contributed by atoms with E-state index in [1.54, 1.807) is 0 Å². The topological polar surface area (TPSA) is 6.48 Å². The fourth-order valence-corrected chi connectivity index (χ4v) is 7.02. The molecule has 8 rings (SSSR count). The van der Waals surface area contributed by atoms with Crippen LogP contribution in [0.3, 0.4) is 0 Å². The van der Waals surface area contributed by atoms with Crippen LogP contribution in [0.15, 0.2) is 158 Å². The number of fused-ring (bicyclic) bond motifs is 2. The largest absolute Gasteiger partial charge is 0.310 e. The van der Waals surface area contributed by atoms with Crippen molar-refractivity contribution in [3.63, 3.8) is 0 Å². The van der Waals surface area contributed by atoms with Gasteiger partial charge in [-0.05, 0) is 127 Å². The molecule has 234 valence electrons. The van der Waals surface area contributed by atoms with Crippen LogP contribution < -0.4 is 9.80 Å². The SMILES string of the molecule is Cc1cc(N(c2ccccc2)c2cccc3c2C=CCC=C3)ccc1-c1ccc(N(c2ccccc2)c2cccc3c#cccc23)cc1C. The molecule has 0 amide bonds. The minimum absolute atomic E-state index is 0.938. The number of nitrogens with zero attached hydrogens (tertiary/aromatic N) is 2. The molecule has 0 heterocycles. The molecule has 0 saturated carbocycles. The molecule has 0 unspecified atom stereocenters. The zero-order chi connectivity index (χ0) is 33.2. The minimum Gasteiger partial charge on any atom is -0.310 e. The Labute approximate surface area is 289 Å². The first-order valence-electron chi connectivity index (χ1n) is 16.8. The average molecular weight is 629 g/mol. The van der Waals surface area contributed by atoms with Gasteiger partial charge in [0.25, 0.3) is 0 Å². The molecule has 0 saturated heterocycles. The van der Waals surface area contributed by atoms with Crippen molar-refractivity contribution in [2.45, 2.75) is 20.3 Å². The zero-order valence-electron chi connectivity index (χ0n) is 27.8. The minimum atomic E-state index is 0.938. The van der Waals surface area contributed by atoms with Gasteiger partial charge in [-0.2, -0.15) is 0 Å². The number of anilines is 6. The molecular weight excluding hydrogens is 593 g/mol. The van der Waals surface area contributed by atoms with Gasteiger partial charge in [0.15, 0.2) is 0 Å². The van der Waals surface area contributed by atoms with Gasteiger partial charge in [0.05, 0.1) is 11.4 Å². The van der Waals surface area contributed by atoms with Gasteiger partial charge < -0.3 is 9.80 Å². The van der Waals surface area contributed by atoms with E-state index in [0.717, 1.165) is 45.6 Å². The number of hydrogen-bond acceptors (Lipinski definition) is 2. The van der Waals surface area contributed by atoms with Crippen LogP contribution in [0.5, 0.6) is 0 Å². The molecule has 7 aromatic carbocycles. The van der Waals surface area contributed by atoms with Crippen molar-refractivity contribution in [1.29, 1.82) is 0 Å². The number of para-hydroxylation sites is 2. The molecule has 2 heteroatoms. The summed E-state index contributed by atoms with van der Waals surface area (Å²) in [6.07, 6.45) is 9.91. The summed E-state index contributed by atoms with van der Waals surface area (Å²) >= 11 is 0. The van der Waals surface area contributed by atoms with Gasteiger partial charge in [-0.25, -0.2) is 0 Å². The summed E-state index contributed by atoms with van der Waals surface area (Å²) in [5.74, 6) is 0. The summed E-state index contributed by atoms with van der Waals surface area (Å²) < 4.78 is 0. The summed E-state index contributed by atoms with van der Waals surface area (Å²) in [4.78, 5) is 4.72. The Bertz CT molecular complexity index is 2330. The van der Waals surface area contributed by atoms with Crippen LogP contribution in [0.1, 0.15) is 28.7 Å². The average Bonchev–Trinajstić information content (AvgIpc) is 3.40. The predicted octanol–water partition coefficient (Wildman–Crippen LogP) is 13.1. The van der Waals surface area contributed by atoms with Gasteiger partial charge in [-0.15, -0.1) is 0 Å². The molecular formula is C47H36N2. The lowest BCUT2D eigenvalue weighted by molar-refractivity contribution is 1.26. The first kappa shape index (κ1) is 30.1. The second-order valence-electron chi connectivity index (χ2n) is 12.5. The van der Waals surface area contributed by atoms with Crippen LogP contribution in [0.25, 0.3) is 34.1 Å². The Morgan fingerprint density at radius 3 is 1.76 bits per heavy atom. The third kappa shape index (κ3) is 5.77. The predicted molar refractivity (Wildman–Crippen MR) is 209 cm³/mol. The van der Waals surface area contributed by atoms with Gasteiger partial charge in [0, 0.05) is 39.1 Å². The van der Waals surface area contributed by atoms with Gasteiger partial charge >= 0.3 is 0 Å². The van der Waals surface area contributed by atoms with E-state index in [4.69, 9.17) is 0 Å². The van der Waals surface area contributed by atoms with Gasteiger partial charge in [0.2, 0.25) is 0 Å². The molecule has 7 aromatic rings. The highest BCUT2D eigenvalue weighted by Gasteiger charge is 2.20. The van der Waals surface area contributed by atoms with E-state index < -0.39 is 0 Å². The van der Waals surface area contributed by atoms with Crippen LogP contribution in [0, 0.1) is 26.0 Å². The van der Waals surface area contributed by atoms with Crippen LogP contribution in [-0.2, 0) is 0 Å². The van der Waals surface area contributed by atoms with Crippen molar-refractivity contribution in [3.05, 3.63) is 192 Å². The van der Waals surface area contributed by atoms with Gasteiger partial charge in [-0.3, -0.25) is 0 Å². The molecule has 0 aromatic heterocycles. The Kier molecular flexibility index (Phi) is 8.02. The van der Waals surface area contributed by atoms with E-state index >= 15 is 0 Å². The fourth-order valence-electron chi connectivity index (χ4n) is 7.02. The standard InChI is InChI=1S/C47H36N2/c1-34-32-40(48(38-20-7-4-8-21-38)46-26-14-18-36-16-6-3-11-24-44(36)46)28-30-42(34)43-31-29-41(33-35(43)2)49(39-22-9-5-10-23-39)47-27-15-19-37-17-12-13-25-45(37)47/h4-11,13-16,18-33H,3H2,1-2H3. The first-order chi connectivity index (χ1) is 24.2. The van der Waals surface area contributed by atoms with Crippen molar-refractivity contribution in [2.24, 2.45) is 0 Å². The van der Waals surface area contributed by atoms with Crippen LogP contribution in [-0.4, -0.2) is 0 Å². The smallest absolute Gasteiger partial charge is 0.0546 e. The molecule has 1 aliphatic rings. The summed E-state index contributed by atoms with van der Waals surface area (Å²) in [5.41, 5.74) is 14.2. The summed E-state index contributed by atoms with van der Waals surface area (Å²) in [5, 5.41) is 2.19. The highest BCUT2D eigenvalue weighted by Crippen LogP contribution is 2.43. The quantitative estimate of drug-likeness (QED) is 0.173. The fraction of sp³-hybridized carbons (Fsp3) is 0.0638. The molecule has 0 N–H and O–H groups in total. The number of allylic oxidation sites excluding steroid dienone is 2. The maximum atomic E-state index is 3.29. The molecule has 0 atom stereocenters. The molecule has 1 aliphatic carbocycles.